The summed E-state index contributed by atoms with van der Waals surface area (Å²) in [7, 11) is 1.59. The van der Waals surface area contributed by atoms with Gasteiger partial charge in [0.05, 0.1) is 12.8 Å². The molecule has 0 bridgehead atoms. The monoisotopic (exact) mass is 319 g/mol. The molecule has 0 saturated heterocycles. The van der Waals surface area contributed by atoms with Crippen molar-refractivity contribution in [3.05, 3.63) is 57.7 Å². The fourth-order valence-corrected chi connectivity index (χ4v) is 2.43. The van der Waals surface area contributed by atoms with Gasteiger partial charge in [0.15, 0.2) is 5.01 Å². The topological polar surface area (TPSA) is 96.7 Å². The highest BCUT2D eigenvalue weighted by Crippen LogP contribution is 2.17. The van der Waals surface area contributed by atoms with Crippen LogP contribution in [0.25, 0.3) is 0 Å². The van der Waals surface area contributed by atoms with Crippen LogP contribution in [0.15, 0.2) is 41.5 Å². The number of aliphatic hydroxyl groups excluding tert-OH is 1. The summed E-state index contributed by atoms with van der Waals surface area (Å²) in [5.74, 6) is -2.43. The molecular formula is C15H13NO5S. The number of benzene rings is 1. The number of rotatable bonds is 6. The van der Waals surface area contributed by atoms with E-state index in [2.05, 4.69) is 4.98 Å². The third-order valence-electron chi connectivity index (χ3n) is 2.79. The third kappa shape index (κ3) is 3.92. The first-order valence-electron chi connectivity index (χ1n) is 6.25. The van der Waals surface area contributed by atoms with Crippen LogP contribution in [0.4, 0.5) is 0 Å². The summed E-state index contributed by atoms with van der Waals surface area (Å²) in [5.41, 5.74) is 1.70. The molecule has 114 valence electrons. The molecular weight excluding hydrogens is 306 g/mol. The van der Waals surface area contributed by atoms with E-state index >= 15 is 0 Å². The van der Waals surface area contributed by atoms with Gasteiger partial charge < -0.3 is 14.9 Å². The number of hydrogen-bond acceptors (Lipinski definition) is 6. The summed E-state index contributed by atoms with van der Waals surface area (Å²) in [6, 6.07) is 7.47. The molecule has 7 heteroatoms. The van der Waals surface area contributed by atoms with Crippen molar-refractivity contribution in [1.29, 1.82) is 0 Å². The van der Waals surface area contributed by atoms with Crippen LogP contribution in [-0.4, -0.2) is 34.1 Å². The Bertz CT molecular complexity index is 718. The lowest BCUT2D eigenvalue weighted by Crippen LogP contribution is -2.04. The van der Waals surface area contributed by atoms with E-state index in [0.29, 0.717) is 18.2 Å². The van der Waals surface area contributed by atoms with Gasteiger partial charge in [0.1, 0.15) is 5.75 Å². The number of carboxylic acid groups (broad SMARTS) is 1. The predicted molar refractivity (Wildman–Crippen MR) is 80.6 cm³/mol. The summed E-state index contributed by atoms with van der Waals surface area (Å²) < 4.78 is 5.07. The molecule has 0 aliphatic rings. The Morgan fingerprint density at radius 2 is 1.95 bits per heavy atom. The molecule has 1 aromatic carbocycles. The van der Waals surface area contributed by atoms with Gasteiger partial charge in [-0.3, -0.25) is 4.79 Å². The molecule has 0 aliphatic heterocycles. The number of allylic oxidation sites excluding steroid dienone is 1. The number of aromatic nitrogens is 1. The van der Waals surface area contributed by atoms with Crippen molar-refractivity contribution in [2.24, 2.45) is 0 Å². The van der Waals surface area contributed by atoms with E-state index in [1.54, 1.807) is 12.5 Å². The highest BCUT2D eigenvalue weighted by atomic mass is 32.1. The van der Waals surface area contributed by atoms with E-state index in [4.69, 9.17) is 14.9 Å². The zero-order valence-corrected chi connectivity index (χ0v) is 12.5. The molecule has 0 aliphatic carbocycles. The summed E-state index contributed by atoms with van der Waals surface area (Å²) in [6.07, 6.45) is 1.20. The van der Waals surface area contributed by atoms with Crippen molar-refractivity contribution in [1.82, 2.24) is 4.98 Å². The Morgan fingerprint density at radius 3 is 2.55 bits per heavy atom. The number of aliphatic carboxylic acids is 1. The lowest BCUT2D eigenvalue weighted by atomic mass is 10.1. The van der Waals surface area contributed by atoms with E-state index in [0.717, 1.165) is 22.6 Å². The molecule has 0 radical (unpaired) electrons. The summed E-state index contributed by atoms with van der Waals surface area (Å²) in [6.45, 7) is 0. The molecule has 0 saturated carbocycles. The molecule has 0 unspecified atom stereocenters. The van der Waals surface area contributed by atoms with Crippen molar-refractivity contribution < 1.29 is 24.5 Å². The maximum absolute atomic E-state index is 11.7. The largest absolute Gasteiger partial charge is 0.502 e. The van der Waals surface area contributed by atoms with Gasteiger partial charge in [-0.1, -0.05) is 12.1 Å². The van der Waals surface area contributed by atoms with E-state index in [-0.39, 0.29) is 5.01 Å². The minimum Gasteiger partial charge on any atom is -0.502 e. The van der Waals surface area contributed by atoms with Gasteiger partial charge in [0.2, 0.25) is 11.5 Å². The van der Waals surface area contributed by atoms with E-state index < -0.39 is 17.5 Å². The fraction of sp³-hybridized carbons (Fsp3) is 0.133. The molecule has 0 atom stereocenters. The van der Waals surface area contributed by atoms with E-state index in [9.17, 15) is 9.59 Å². The molecule has 1 aromatic heterocycles. The minimum atomic E-state index is -1.55. The molecule has 22 heavy (non-hydrogen) atoms. The number of nitrogens with zero attached hydrogens (tertiary/aromatic N) is 1. The Hall–Kier alpha value is -2.67. The van der Waals surface area contributed by atoms with Crippen molar-refractivity contribution >= 4 is 23.1 Å². The zero-order chi connectivity index (χ0) is 16.1. The maximum Gasteiger partial charge on any atom is 0.371 e. The summed E-state index contributed by atoms with van der Waals surface area (Å²) >= 11 is 1.10. The quantitative estimate of drug-likeness (QED) is 0.482. The van der Waals surface area contributed by atoms with Crippen LogP contribution in [-0.2, 0) is 11.2 Å². The minimum absolute atomic E-state index is 0.135. The normalized spacial score (nSPS) is 11.2. The van der Waals surface area contributed by atoms with Crippen molar-refractivity contribution in [2.75, 3.05) is 7.11 Å². The van der Waals surface area contributed by atoms with E-state index in [1.807, 2.05) is 24.3 Å². The predicted octanol–water partition coefficient (Wildman–Crippen LogP) is 2.45. The van der Waals surface area contributed by atoms with Crippen LogP contribution in [0, 0.1) is 0 Å². The van der Waals surface area contributed by atoms with Crippen molar-refractivity contribution in [2.45, 2.75) is 6.42 Å². The molecule has 0 fully saturated rings. The second kappa shape index (κ2) is 6.86. The number of ether oxygens (including phenoxy) is 1. The molecule has 2 aromatic rings. The fourth-order valence-electron chi connectivity index (χ4n) is 1.70. The van der Waals surface area contributed by atoms with Crippen LogP contribution in [0.2, 0.25) is 0 Å². The van der Waals surface area contributed by atoms with E-state index in [1.165, 1.54) is 0 Å². The van der Waals surface area contributed by atoms with Gasteiger partial charge >= 0.3 is 5.97 Å². The van der Waals surface area contributed by atoms with Crippen LogP contribution in [0.3, 0.4) is 0 Å². The number of ketones is 1. The Labute approximate surface area is 130 Å². The van der Waals surface area contributed by atoms with Gasteiger partial charge in [-0.15, -0.1) is 11.3 Å². The van der Waals surface area contributed by atoms with Gasteiger partial charge in [-0.25, -0.2) is 9.78 Å². The van der Waals surface area contributed by atoms with Gasteiger partial charge in [-0.2, -0.15) is 0 Å². The highest BCUT2D eigenvalue weighted by molar-refractivity contribution is 7.11. The number of thiazole rings is 1. The van der Waals surface area contributed by atoms with Gasteiger partial charge in [0.25, 0.3) is 0 Å². The first-order valence-corrected chi connectivity index (χ1v) is 7.13. The molecule has 2 N–H and O–H groups in total. The zero-order valence-electron chi connectivity index (χ0n) is 11.6. The lowest BCUT2D eigenvalue weighted by Gasteiger charge is -2.01. The SMILES string of the molecule is COc1ccc(Cc2csc(C(=O)C=C(O)C(=O)O)n2)cc1. The number of aliphatic hydroxyl groups is 1. The first-order chi connectivity index (χ1) is 10.5. The number of carbonyl (C=O) groups is 2. The first kappa shape index (κ1) is 15.7. The highest BCUT2D eigenvalue weighted by Gasteiger charge is 2.13. The average molecular weight is 319 g/mol. The third-order valence-corrected chi connectivity index (χ3v) is 3.70. The second-order valence-electron chi connectivity index (χ2n) is 4.37. The number of hydrogen-bond donors (Lipinski definition) is 2. The van der Waals surface area contributed by atoms with Crippen molar-refractivity contribution in [3.8, 4) is 5.75 Å². The number of carboxylic acids is 1. The Kier molecular flexibility index (Phi) is 4.90. The molecule has 6 nitrogen and oxygen atoms in total. The maximum atomic E-state index is 11.7. The van der Waals surface area contributed by atoms with Crippen LogP contribution in [0.1, 0.15) is 21.1 Å². The number of methoxy groups -OCH3 is 1. The number of carbonyl (C=O) groups excluding carboxylic acids is 1. The van der Waals surface area contributed by atoms with Crippen LogP contribution >= 0.6 is 11.3 Å². The summed E-state index contributed by atoms with van der Waals surface area (Å²) in [4.78, 5) is 26.4. The average Bonchev–Trinajstić information content (AvgIpc) is 2.96. The summed E-state index contributed by atoms with van der Waals surface area (Å²) in [5, 5.41) is 19.4. The van der Waals surface area contributed by atoms with Crippen LogP contribution < -0.4 is 4.74 Å². The Morgan fingerprint density at radius 1 is 1.27 bits per heavy atom. The van der Waals surface area contributed by atoms with Crippen LogP contribution in [0.5, 0.6) is 5.75 Å². The smallest absolute Gasteiger partial charge is 0.371 e. The molecule has 0 spiro atoms. The lowest BCUT2D eigenvalue weighted by molar-refractivity contribution is -0.135. The van der Waals surface area contributed by atoms with Gasteiger partial charge in [0, 0.05) is 17.9 Å². The van der Waals surface area contributed by atoms with Crippen molar-refractivity contribution in [3.63, 3.8) is 0 Å². The molecule has 0 amide bonds. The molecule has 1 heterocycles. The standard InChI is InChI=1S/C15H13NO5S/c1-21-11-4-2-9(3-5-11)6-10-8-22-14(16-10)12(17)7-13(18)15(19)20/h2-5,7-8,18H,6H2,1H3,(H,19,20). The Balaban J connectivity index is 2.09. The second-order valence-corrected chi connectivity index (χ2v) is 5.23. The molecule has 2 rings (SSSR count). The van der Waals surface area contributed by atoms with Gasteiger partial charge in [-0.05, 0) is 17.7 Å².